The molecular weight excluding hydrogens is 190 g/mol. The second-order valence-electron chi connectivity index (χ2n) is 2.47. The van der Waals surface area contributed by atoms with Gasteiger partial charge in [-0.3, -0.25) is 0 Å². The predicted molar refractivity (Wildman–Crippen MR) is 49.2 cm³/mol. The first kappa shape index (κ1) is 8.31. The standard InChI is InChI=1S/C8H8ClN3O/c1-2-13-8-5-12-7(10-8)4-3-6(9)11-12/h3-5H,2H2,1H3. The third-order valence-corrected chi connectivity index (χ3v) is 1.76. The molecule has 0 amide bonds. The van der Waals surface area contributed by atoms with Crippen LogP contribution in [0.4, 0.5) is 0 Å². The van der Waals surface area contributed by atoms with E-state index in [1.54, 1.807) is 22.8 Å². The van der Waals surface area contributed by atoms with Crippen LogP contribution in [-0.4, -0.2) is 21.2 Å². The summed E-state index contributed by atoms with van der Waals surface area (Å²) in [5, 5.41) is 4.46. The Morgan fingerprint density at radius 2 is 2.38 bits per heavy atom. The number of fused-ring (bicyclic) bond motifs is 1. The highest BCUT2D eigenvalue weighted by molar-refractivity contribution is 6.29. The molecule has 4 nitrogen and oxygen atoms in total. The van der Waals surface area contributed by atoms with Crippen LogP contribution in [0.2, 0.25) is 5.15 Å². The topological polar surface area (TPSA) is 39.4 Å². The lowest BCUT2D eigenvalue weighted by molar-refractivity contribution is 0.328. The van der Waals surface area contributed by atoms with Gasteiger partial charge in [-0.1, -0.05) is 11.6 Å². The Labute approximate surface area is 80.1 Å². The Morgan fingerprint density at radius 1 is 1.54 bits per heavy atom. The third kappa shape index (κ3) is 1.58. The van der Waals surface area contributed by atoms with Crippen molar-refractivity contribution in [2.45, 2.75) is 6.92 Å². The number of hydrogen-bond acceptors (Lipinski definition) is 3. The molecule has 0 bridgehead atoms. The molecule has 0 unspecified atom stereocenters. The number of rotatable bonds is 2. The summed E-state index contributed by atoms with van der Waals surface area (Å²) in [5.41, 5.74) is 0.729. The molecule has 0 aliphatic heterocycles. The number of halogens is 1. The smallest absolute Gasteiger partial charge is 0.234 e. The summed E-state index contributed by atoms with van der Waals surface area (Å²) in [4.78, 5) is 4.16. The third-order valence-electron chi connectivity index (χ3n) is 1.56. The Bertz CT molecular complexity index is 426. The zero-order valence-corrected chi connectivity index (χ0v) is 7.82. The van der Waals surface area contributed by atoms with Gasteiger partial charge in [0.05, 0.1) is 12.8 Å². The molecule has 0 fully saturated rings. The molecule has 0 aliphatic rings. The van der Waals surface area contributed by atoms with Crippen LogP contribution < -0.4 is 4.74 Å². The molecule has 2 rings (SSSR count). The van der Waals surface area contributed by atoms with Crippen LogP contribution in [0.5, 0.6) is 5.88 Å². The maximum atomic E-state index is 5.70. The fourth-order valence-corrected chi connectivity index (χ4v) is 1.20. The molecule has 2 aromatic rings. The van der Waals surface area contributed by atoms with E-state index in [0.717, 1.165) is 5.65 Å². The molecular formula is C8H8ClN3O. The fraction of sp³-hybridized carbons (Fsp3) is 0.250. The fourth-order valence-electron chi connectivity index (χ4n) is 1.05. The van der Waals surface area contributed by atoms with Crippen molar-refractivity contribution in [1.29, 1.82) is 0 Å². The van der Waals surface area contributed by atoms with E-state index in [2.05, 4.69) is 10.1 Å². The molecule has 0 saturated carbocycles. The van der Waals surface area contributed by atoms with Gasteiger partial charge in [0.2, 0.25) is 5.88 Å². The quantitative estimate of drug-likeness (QED) is 0.737. The second kappa shape index (κ2) is 3.22. The number of imidazole rings is 1. The maximum Gasteiger partial charge on any atom is 0.234 e. The molecule has 68 valence electrons. The molecule has 5 heteroatoms. The van der Waals surface area contributed by atoms with Crippen LogP contribution in [0.15, 0.2) is 18.3 Å². The van der Waals surface area contributed by atoms with E-state index in [4.69, 9.17) is 16.3 Å². The van der Waals surface area contributed by atoms with Gasteiger partial charge in [0.15, 0.2) is 5.65 Å². The van der Waals surface area contributed by atoms with E-state index >= 15 is 0 Å². The summed E-state index contributed by atoms with van der Waals surface area (Å²) >= 11 is 5.70. The van der Waals surface area contributed by atoms with Crippen molar-refractivity contribution in [3.8, 4) is 5.88 Å². The van der Waals surface area contributed by atoms with Gasteiger partial charge >= 0.3 is 0 Å². The highest BCUT2D eigenvalue weighted by Crippen LogP contribution is 2.12. The van der Waals surface area contributed by atoms with E-state index in [9.17, 15) is 0 Å². The first-order chi connectivity index (χ1) is 6.29. The van der Waals surface area contributed by atoms with Gasteiger partial charge in [0.1, 0.15) is 5.15 Å². The number of nitrogens with zero attached hydrogens (tertiary/aromatic N) is 3. The van der Waals surface area contributed by atoms with Crippen LogP contribution in [0.3, 0.4) is 0 Å². The van der Waals surface area contributed by atoms with Crippen LogP contribution in [0.25, 0.3) is 5.65 Å². The van der Waals surface area contributed by atoms with E-state index in [1.165, 1.54) is 0 Å². The monoisotopic (exact) mass is 197 g/mol. The van der Waals surface area contributed by atoms with Gasteiger partial charge in [0, 0.05) is 0 Å². The van der Waals surface area contributed by atoms with E-state index in [-0.39, 0.29) is 0 Å². The first-order valence-corrected chi connectivity index (χ1v) is 4.32. The van der Waals surface area contributed by atoms with E-state index in [1.807, 2.05) is 6.92 Å². The lowest BCUT2D eigenvalue weighted by Crippen LogP contribution is -1.90. The van der Waals surface area contributed by atoms with Crippen molar-refractivity contribution in [3.63, 3.8) is 0 Å². The summed E-state index contributed by atoms with van der Waals surface area (Å²) in [7, 11) is 0. The van der Waals surface area contributed by atoms with Gasteiger partial charge in [-0.25, -0.2) is 4.52 Å². The lowest BCUT2D eigenvalue weighted by Gasteiger charge is -1.92. The van der Waals surface area contributed by atoms with Crippen molar-refractivity contribution in [3.05, 3.63) is 23.5 Å². The lowest BCUT2D eigenvalue weighted by atomic mass is 10.6. The molecule has 0 N–H and O–H groups in total. The van der Waals surface area contributed by atoms with Gasteiger partial charge in [-0.05, 0) is 19.1 Å². The zero-order chi connectivity index (χ0) is 9.26. The minimum Gasteiger partial charge on any atom is -0.477 e. The second-order valence-corrected chi connectivity index (χ2v) is 2.86. The predicted octanol–water partition coefficient (Wildman–Crippen LogP) is 1.78. The van der Waals surface area contributed by atoms with Crippen LogP contribution in [0.1, 0.15) is 6.92 Å². The van der Waals surface area contributed by atoms with Crippen molar-refractivity contribution in [2.75, 3.05) is 6.61 Å². The summed E-state index contributed by atoms with van der Waals surface area (Å²) in [6.45, 7) is 2.50. The Kier molecular flexibility index (Phi) is 2.06. The molecule has 2 aromatic heterocycles. The molecule has 0 aromatic carbocycles. The zero-order valence-electron chi connectivity index (χ0n) is 7.07. The van der Waals surface area contributed by atoms with Crippen molar-refractivity contribution in [1.82, 2.24) is 14.6 Å². The van der Waals surface area contributed by atoms with Crippen LogP contribution >= 0.6 is 11.6 Å². The minimum atomic E-state index is 0.438. The highest BCUT2D eigenvalue weighted by Gasteiger charge is 2.02. The summed E-state index contributed by atoms with van der Waals surface area (Å²) in [6, 6.07) is 3.48. The van der Waals surface area contributed by atoms with Crippen LogP contribution in [-0.2, 0) is 0 Å². The van der Waals surface area contributed by atoms with Crippen molar-refractivity contribution < 1.29 is 4.74 Å². The Morgan fingerprint density at radius 3 is 3.15 bits per heavy atom. The number of aromatic nitrogens is 3. The molecule has 0 aliphatic carbocycles. The first-order valence-electron chi connectivity index (χ1n) is 3.94. The summed E-state index contributed by atoms with van der Waals surface area (Å²) in [6.07, 6.45) is 1.70. The van der Waals surface area contributed by atoms with Gasteiger partial charge < -0.3 is 4.74 Å². The summed E-state index contributed by atoms with van der Waals surface area (Å²) in [5.74, 6) is 0.567. The Balaban J connectivity index is 2.49. The summed E-state index contributed by atoms with van der Waals surface area (Å²) < 4.78 is 6.81. The average Bonchev–Trinajstić information content (AvgIpc) is 2.46. The Hall–Kier alpha value is -1.29. The average molecular weight is 198 g/mol. The molecule has 0 spiro atoms. The van der Waals surface area contributed by atoms with Gasteiger partial charge in [0.25, 0.3) is 0 Å². The normalized spacial score (nSPS) is 10.6. The molecule has 13 heavy (non-hydrogen) atoms. The highest BCUT2D eigenvalue weighted by atomic mass is 35.5. The van der Waals surface area contributed by atoms with E-state index < -0.39 is 0 Å². The SMILES string of the molecule is CCOc1cn2nc(Cl)ccc2n1. The molecule has 0 radical (unpaired) electrons. The number of hydrogen-bond donors (Lipinski definition) is 0. The van der Waals surface area contributed by atoms with Crippen molar-refractivity contribution >= 4 is 17.2 Å². The van der Waals surface area contributed by atoms with E-state index in [0.29, 0.717) is 17.6 Å². The maximum absolute atomic E-state index is 5.70. The molecule has 0 atom stereocenters. The van der Waals surface area contributed by atoms with Crippen LogP contribution in [0, 0.1) is 0 Å². The van der Waals surface area contributed by atoms with Gasteiger partial charge in [-0.2, -0.15) is 10.1 Å². The number of ether oxygens (including phenoxy) is 1. The van der Waals surface area contributed by atoms with Crippen molar-refractivity contribution in [2.24, 2.45) is 0 Å². The minimum absolute atomic E-state index is 0.438. The van der Waals surface area contributed by atoms with Gasteiger partial charge in [-0.15, -0.1) is 0 Å². The molecule has 2 heterocycles. The largest absolute Gasteiger partial charge is 0.477 e. The molecule has 0 saturated heterocycles.